The van der Waals surface area contributed by atoms with Gasteiger partial charge in [0.05, 0.1) is 11.3 Å². The molecule has 4 rings (SSSR count). The highest BCUT2D eigenvalue weighted by Gasteiger charge is 2.17. The number of anilines is 1. The molecule has 0 aliphatic heterocycles. The van der Waals surface area contributed by atoms with Gasteiger partial charge in [-0.3, -0.25) is 4.79 Å². The summed E-state index contributed by atoms with van der Waals surface area (Å²) in [6.45, 7) is 0. The number of nitrogens with zero attached hydrogens (tertiary/aromatic N) is 2. The number of halogens is 2. The van der Waals surface area contributed by atoms with Crippen molar-refractivity contribution in [1.82, 2.24) is 9.78 Å². The van der Waals surface area contributed by atoms with E-state index in [1.165, 1.54) is 24.4 Å². The summed E-state index contributed by atoms with van der Waals surface area (Å²) in [5, 5.41) is 8.21. The number of benzene rings is 3. The highest BCUT2D eigenvalue weighted by Crippen LogP contribution is 2.26. The first-order valence-corrected chi connectivity index (χ1v) is 9.62. The minimum atomic E-state index is -0.318. The number of rotatable bonds is 6. The first-order chi connectivity index (χ1) is 14.6. The molecule has 0 spiro atoms. The predicted octanol–water partition coefficient (Wildman–Crippen LogP) is 6.14. The second-order valence-electron chi connectivity index (χ2n) is 6.53. The van der Waals surface area contributed by atoms with E-state index in [1.54, 1.807) is 35.1 Å². The maximum Gasteiger partial charge on any atom is 0.191 e. The van der Waals surface area contributed by atoms with Gasteiger partial charge < -0.3 is 5.32 Å². The average Bonchev–Trinajstić information content (AvgIpc) is 3.22. The van der Waals surface area contributed by atoms with Gasteiger partial charge >= 0.3 is 0 Å². The molecule has 1 heterocycles. The summed E-state index contributed by atoms with van der Waals surface area (Å²) in [5.41, 5.74) is 3.33. The number of aromatic nitrogens is 2. The Kier molecular flexibility index (Phi) is 5.72. The van der Waals surface area contributed by atoms with Crippen LogP contribution < -0.4 is 5.32 Å². The first kappa shape index (κ1) is 19.6. The van der Waals surface area contributed by atoms with Crippen LogP contribution in [0.3, 0.4) is 0 Å². The Morgan fingerprint density at radius 1 is 0.967 bits per heavy atom. The quantitative estimate of drug-likeness (QED) is 0.303. The van der Waals surface area contributed by atoms with Crippen LogP contribution in [0.4, 0.5) is 10.1 Å². The lowest BCUT2D eigenvalue weighted by Gasteiger charge is -2.01. The number of para-hydroxylation sites is 1. The molecule has 4 nitrogen and oxygen atoms in total. The van der Waals surface area contributed by atoms with Crippen LogP contribution in [0.5, 0.6) is 0 Å². The van der Waals surface area contributed by atoms with Gasteiger partial charge in [0.1, 0.15) is 11.5 Å². The van der Waals surface area contributed by atoms with Crippen molar-refractivity contribution < 1.29 is 9.18 Å². The Morgan fingerprint density at radius 3 is 2.37 bits per heavy atom. The second-order valence-corrected chi connectivity index (χ2v) is 6.96. The molecule has 0 saturated carbocycles. The minimum Gasteiger partial charge on any atom is -0.362 e. The van der Waals surface area contributed by atoms with E-state index >= 15 is 0 Å². The van der Waals surface area contributed by atoms with Crippen molar-refractivity contribution in [3.63, 3.8) is 0 Å². The van der Waals surface area contributed by atoms with Gasteiger partial charge in [-0.1, -0.05) is 41.9 Å². The Labute approximate surface area is 178 Å². The number of carbonyl (C=O) groups is 1. The van der Waals surface area contributed by atoms with E-state index < -0.39 is 0 Å². The lowest BCUT2D eigenvalue weighted by Crippen LogP contribution is -1.97. The van der Waals surface area contributed by atoms with E-state index in [-0.39, 0.29) is 11.6 Å². The van der Waals surface area contributed by atoms with Gasteiger partial charge in [0, 0.05) is 34.7 Å². The van der Waals surface area contributed by atoms with E-state index in [1.807, 2.05) is 42.5 Å². The van der Waals surface area contributed by atoms with Crippen LogP contribution in [-0.2, 0) is 0 Å². The van der Waals surface area contributed by atoms with E-state index in [4.69, 9.17) is 11.6 Å². The van der Waals surface area contributed by atoms with Crippen molar-refractivity contribution in [2.24, 2.45) is 0 Å². The zero-order valence-electron chi connectivity index (χ0n) is 15.8. The van der Waals surface area contributed by atoms with E-state index in [0.29, 0.717) is 22.0 Å². The van der Waals surface area contributed by atoms with Crippen LogP contribution in [0.1, 0.15) is 10.4 Å². The summed E-state index contributed by atoms with van der Waals surface area (Å²) in [5.74, 6) is -0.529. The largest absolute Gasteiger partial charge is 0.362 e. The molecule has 0 aliphatic rings. The lowest BCUT2D eigenvalue weighted by molar-refractivity contribution is 0.104. The average molecular weight is 418 g/mol. The van der Waals surface area contributed by atoms with Crippen molar-refractivity contribution in [2.75, 3.05) is 5.32 Å². The molecule has 0 fully saturated rings. The SMILES string of the molecule is O=C(/C=C\Nc1ccc(F)cc1)c1cn(-c2ccccc2)nc1-c1ccc(Cl)cc1. The van der Waals surface area contributed by atoms with Crippen molar-refractivity contribution in [2.45, 2.75) is 0 Å². The molecule has 0 amide bonds. The maximum absolute atomic E-state index is 13.0. The van der Waals surface area contributed by atoms with E-state index in [2.05, 4.69) is 10.4 Å². The summed E-state index contributed by atoms with van der Waals surface area (Å²) in [7, 11) is 0. The topological polar surface area (TPSA) is 46.9 Å². The highest BCUT2D eigenvalue weighted by molar-refractivity contribution is 6.30. The van der Waals surface area contributed by atoms with Crippen LogP contribution >= 0.6 is 11.6 Å². The first-order valence-electron chi connectivity index (χ1n) is 9.24. The van der Waals surface area contributed by atoms with Gasteiger partial charge in [0.25, 0.3) is 0 Å². The Hall–Kier alpha value is -3.70. The molecule has 0 saturated heterocycles. The van der Waals surface area contributed by atoms with E-state index in [0.717, 1.165) is 11.3 Å². The Balaban J connectivity index is 1.65. The Bertz CT molecular complexity index is 1180. The predicted molar refractivity (Wildman–Crippen MR) is 118 cm³/mol. The molecular formula is C24H17ClFN3O. The molecule has 1 aromatic heterocycles. The molecule has 0 aliphatic carbocycles. The normalized spacial score (nSPS) is 11.0. The van der Waals surface area contributed by atoms with Gasteiger partial charge in [-0.2, -0.15) is 5.10 Å². The van der Waals surface area contributed by atoms with Crippen molar-refractivity contribution >= 4 is 23.1 Å². The molecule has 0 bridgehead atoms. The van der Waals surface area contributed by atoms with Gasteiger partial charge in [-0.15, -0.1) is 0 Å². The molecule has 0 unspecified atom stereocenters. The third-order valence-electron chi connectivity index (χ3n) is 4.45. The third kappa shape index (κ3) is 4.47. The monoisotopic (exact) mass is 417 g/mol. The van der Waals surface area contributed by atoms with E-state index in [9.17, 15) is 9.18 Å². The van der Waals surface area contributed by atoms with Crippen LogP contribution in [-0.4, -0.2) is 15.6 Å². The Morgan fingerprint density at radius 2 is 1.67 bits per heavy atom. The fraction of sp³-hybridized carbons (Fsp3) is 0. The number of carbonyl (C=O) groups excluding carboxylic acids is 1. The summed E-state index contributed by atoms with van der Waals surface area (Å²) < 4.78 is 14.7. The smallest absolute Gasteiger partial charge is 0.191 e. The number of hydrogen-bond acceptors (Lipinski definition) is 3. The zero-order chi connectivity index (χ0) is 20.9. The fourth-order valence-electron chi connectivity index (χ4n) is 2.94. The van der Waals surface area contributed by atoms with Crippen LogP contribution in [0, 0.1) is 5.82 Å². The maximum atomic E-state index is 13.0. The summed E-state index contributed by atoms with van der Waals surface area (Å²) >= 11 is 6.00. The van der Waals surface area contributed by atoms with Crippen LogP contribution in [0.2, 0.25) is 5.02 Å². The molecular weight excluding hydrogens is 401 g/mol. The fourth-order valence-corrected chi connectivity index (χ4v) is 3.06. The molecule has 0 atom stereocenters. The molecule has 148 valence electrons. The molecule has 3 aromatic carbocycles. The molecule has 4 aromatic rings. The molecule has 1 N–H and O–H groups in total. The van der Waals surface area contributed by atoms with Crippen molar-refractivity contribution in [3.8, 4) is 16.9 Å². The lowest BCUT2D eigenvalue weighted by atomic mass is 10.1. The van der Waals surface area contributed by atoms with Crippen molar-refractivity contribution in [3.05, 3.63) is 114 Å². The summed E-state index contributed by atoms with van der Waals surface area (Å²) in [4.78, 5) is 12.9. The number of nitrogens with one attached hydrogen (secondary N) is 1. The number of allylic oxidation sites excluding steroid dienone is 1. The molecule has 30 heavy (non-hydrogen) atoms. The van der Waals surface area contributed by atoms with Crippen LogP contribution in [0.15, 0.2) is 97.3 Å². The van der Waals surface area contributed by atoms with Gasteiger partial charge in [0.15, 0.2) is 5.78 Å². The van der Waals surface area contributed by atoms with Gasteiger partial charge in [-0.05, 0) is 48.5 Å². The third-order valence-corrected chi connectivity index (χ3v) is 4.70. The second kappa shape index (κ2) is 8.76. The number of ketones is 1. The summed E-state index contributed by atoms with van der Waals surface area (Å²) in [6, 6.07) is 22.6. The summed E-state index contributed by atoms with van der Waals surface area (Å²) in [6.07, 6.45) is 4.67. The van der Waals surface area contributed by atoms with Gasteiger partial charge in [-0.25, -0.2) is 9.07 Å². The number of hydrogen-bond donors (Lipinski definition) is 1. The van der Waals surface area contributed by atoms with Gasteiger partial charge in [0.2, 0.25) is 0 Å². The molecule has 6 heteroatoms. The molecule has 0 radical (unpaired) electrons. The minimum absolute atomic E-state index is 0.211. The van der Waals surface area contributed by atoms with Crippen molar-refractivity contribution in [1.29, 1.82) is 0 Å². The van der Waals surface area contributed by atoms with Crippen LogP contribution in [0.25, 0.3) is 16.9 Å². The highest BCUT2D eigenvalue weighted by atomic mass is 35.5. The standard InChI is InChI=1S/C24H17ClFN3O/c25-18-8-6-17(7-9-18)24-22(16-29(28-24)21-4-2-1-3-5-21)23(30)14-15-27-20-12-10-19(26)11-13-20/h1-16,27H/b15-14-. The zero-order valence-corrected chi connectivity index (χ0v) is 16.6.